The number of unbranched alkanes of at least 4 members (excludes halogenated alkanes) is 1. The van der Waals surface area contributed by atoms with Gasteiger partial charge in [-0.3, -0.25) is 9.59 Å². The smallest absolute Gasteiger partial charge is 0.336 e. The Morgan fingerprint density at radius 3 is 2.91 bits per heavy atom. The van der Waals surface area contributed by atoms with Crippen LogP contribution in [0.15, 0.2) is 5.11 Å². The quantitative estimate of drug-likeness (QED) is 0.136. The van der Waals surface area contributed by atoms with E-state index in [4.69, 9.17) is 10.3 Å². The number of hydrogen-bond donors (Lipinski definition) is 1. The van der Waals surface area contributed by atoms with E-state index in [1.807, 2.05) is 0 Å². The highest BCUT2D eigenvalue weighted by Crippen LogP contribution is 2.39. The first kappa shape index (κ1) is 16.3. The van der Waals surface area contributed by atoms with E-state index >= 15 is 0 Å². The number of ketones is 1. The van der Waals surface area contributed by atoms with Gasteiger partial charge in [0.1, 0.15) is 0 Å². The van der Waals surface area contributed by atoms with Crippen LogP contribution in [0.5, 0.6) is 0 Å². The van der Waals surface area contributed by atoms with E-state index in [0.29, 0.717) is 19.4 Å². The second-order valence-corrected chi connectivity index (χ2v) is 5.48. The minimum Gasteiger partial charge on any atom is -0.464 e. The van der Waals surface area contributed by atoms with E-state index in [0.717, 1.165) is 0 Å². The summed E-state index contributed by atoms with van der Waals surface area (Å²) in [4.78, 5) is 39.7. The zero-order valence-electron chi connectivity index (χ0n) is 12.2. The van der Waals surface area contributed by atoms with Crippen LogP contribution >= 0.6 is 0 Å². The van der Waals surface area contributed by atoms with Crippen LogP contribution in [-0.4, -0.2) is 59.0 Å². The highest BCUT2D eigenvalue weighted by Gasteiger charge is 2.61. The molecular weight excluding hydrogens is 292 g/mol. The first-order valence-electron chi connectivity index (χ1n) is 7.19. The molecule has 1 N–H and O–H groups in total. The normalized spacial score (nSPS) is 27.7. The predicted molar refractivity (Wildman–Crippen MR) is 73.4 cm³/mol. The van der Waals surface area contributed by atoms with Gasteiger partial charge in [-0.25, -0.2) is 4.79 Å². The number of Topliss-reactive ketones (excluding diaryl/α,β-unsaturated/α-hetero) is 1. The number of carbonyl (C=O) groups excluding carboxylic acids is 3. The summed E-state index contributed by atoms with van der Waals surface area (Å²) >= 11 is 0. The standard InChI is InChI=1S/C13H18N4O5/c1-7(18)10-8-6-9(19)11(17(8)12(10)20)13(21)22-5-3-2-4-15-16-14/h7-8,10-11,18H,2-6H2,1H3/t7-,8?,10?,11?/m1/s1. The highest BCUT2D eigenvalue weighted by atomic mass is 16.5. The minimum absolute atomic E-state index is 0.0813. The number of aliphatic hydroxyl groups is 1. The Bertz CT molecular complexity index is 529. The second-order valence-electron chi connectivity index (χ2n) is 5.48. The number of esters is 1. The molecule has 2 aliphatic heterocycles. The molecule has 2 heterocycles. The summed E-state index contributed by atoms with van der Waals surface area (Å²) in [7, 11) is 0. The summed E-state index contributed by atoms with van der Waals surface area (Å²) in [5.74, 6) is -2.06. The third kappa shape index (κ3) is 2.90. The van der Waals surface area contributed by atoms with Gasteiger partial charge in [-0.2, -0.15) is 0 Å². The van der Waals surface area contributed by atoms with Crippen LogP contribution in [0.1, 0.15) is 26.2 Å². The number of β-lactam (4-membered cyclic amide) rings is 1. The van der Waals surface area contributed by atoms with Gasteiger partial charge in [0.2, 0.25) is 5.91 Å². The molecule has 2 saturated heterocycles. The molecule has 9 heteroatoms. The summed E-state index contributed by atoms with van der Waals surface area (Å²) in [6.45, 7) is 1.93. The number of azide groups is 1. The number of nitrogens with zero attached hydrogens (tertiary/aromatic N) is 4. The van der Waals surface area contributed by atoms with E-state index < -0.39 is 30.1 Å². The Labute approximate surface area is 126 Å². The number of hydrogen-bond acceptors (Lipinski definition) is 6. The molecule has 22 heavy (non-hydrogen) atoms. The molecule has 4 atom stereocenters. The van der Waals surface area contributed by atoms with Crippen LogP contribution in [0.25, 0.3) is 10.4 Å². The van der Waals surface area contributed by atoms with Crippen molar-refractivity contribution in [3.05, 3.63) is 10.4 Å². The molecule has 3 unspecified atom stereocenters. The molecule has 0 radical (unpaired) electrons. The lowest BCUT2D eigenvalue weighted by Crippen LogP contribution is -2.65. The topological polar surface area (TPSA) is 133 Å². The Morgan fingerprint density at radius 1 is 1.55 bits per heavy atom. The fraction of sp³-hybridized carbons (Fsp3) is 0.769. The van der Waals surface area contributed by atoms with Gasteiger partial charge in [0.15, 0.2) is 11.8 Å². The molecular formula is C13H18N4O5. The largest absolute Gasteiger partial charge is 0.464 e. The van der Waals surface area contributed by atoms with Crippen molar-refractivity contribution in [3.63, 3.8) is 0 Å². The molecule has 2 aliphatic rings. The third-order valence-electron chi connectivity index (χ3n) is 4.01. The van der Waals surface area contributed by atoms with Crippen LogP contribution in [0.3, 0.4) is 0 Å². The molecule has 120 valence electrons. The predicted octanol–water partition coefficient (Wildman–Crippen LogP) is 0.169. The summed E-state index contributed by atoms with van der Waals surface area (Å²) in [5, 5.41) is 12.9. The van der Waals surface area contributed by atoms with Gasteiger partial charge in [-0.05, 0) is 25.3 Å². The lowest BCUT2D eigenvalue weighted by molar-refractivity contribution is -0.172. The molecule has 0 saturated carbocycles. The Balaban J connectivity index is 1.84. The fourth-order valence-electron chi connectivity index (χ4n) is 2.96. The van der Waals surface area contributed by atoms with Gasteiger partial charge < -0.3 is 14.7 Å². The van der Waals surface area contributed by atoms with Crippen LogP contribution in [0.4, 0.5) is 0 Å². The van der Waals surface area contributed by atoms with Crippen molar-refractivity contribution in [1.29, 1.82) is 0 Å². The molecule has 0 aliphatic carbocycles. The van der Waals surface area contributed by atoms with E-state index in [1.54, 1.807) is 0 Å². The summed E-state index contributed by atoms with van der Waals surface area (Å²) in [6, 6.07) is -1.58. The van der Waals surface area contributed by atoms with E-state index in [1.165, 1.54) is 11.8 Å². The first-order valence-corrected chi connectivity index (χ1v) is 7.19. The number of aliphatic hydroxyl groups excluding tert-OH is 1. The van der Waals surface area contributed by atoms with Gasteiger partial charge in [-0.1, -0.05) is 5.11 Å². The van der Waals surface area contributed by atoms with Crippen LogP contribution in [0.2, 0.25) is 0 Å². The average molecular weight is 310 g/mol. The molecule has 0 bridgehead atoms. The maximum Gasteiger partial charge on any atom is 0.336 e. The molecule has 2 rings (SSSR count). The molecule has 1 amide bonds. The summed E-state index contributed by atoms with van der Waals surface area (Å²) in [5.41, 5.74) is 8.11. The van der Waals surface area contributed by atoms with E-state index in [2.05, 4.69) is 10.0 Å². The van der Waals surface area contributed by atoms with Crippen LogP contribution in [-0.2, 0) is 19.1 Å². The van der Waals surface area contributed by atoms with Gasteiger partial charge in [0, 0.05) is 17.9 Å². The summed E-state index contributed by atoms with van der Waals surface area (Å²) in [6.07, 6.45) is 0.333. The Kier molecular flexibility index (Phi) is 4.99. The lowest BCUT2D eigenvalue weighted by atomic mass is 9.84. The van der Waals surface area contributed by atoms with E-state index in [9.17, 15) is 19.5 Å². The number of fused-ring (bicyclic) bond motifs is 1. The number of ether oxygens (including phenoxy) is 1. The molecule has 0 spiro atoms. The van der Waals surface area contributed by atoms with Crippen molar-refractivity contribution in [1.82, 2.24) is 4.90 Å². The SMILES string of the molecule is C[C@@H](O)C1C(=O)N2C(C(=O)OCCCCN=[N+]=[N-])C(=O)CC12. The molecule has 0 aromatic rings. The number of carbonyl (C=O) groups is 3. The zero-order valence-corrected chi connectivity index (χ0v) is 12.2. The van der Waals surface area contributed by atoms with Crippen molar-refractivity contribution in [2.24, 2.45) is 11.0 Å². The van der Waals surface area contributed by atoms with Crippen LogP contribution in [0, 0.1) is 5.92 Å². The maximum atomic E-state index is 12.0. The van der Waals surface area contributed by atoms with Gasteiger partial charge in [-0.15, -0.1) is 0 Å². The molecule has 0 aromatic carbocycles. The molecule has 2 fully saturated rings. The van der Waals surface area contributed by atoms with Gasteiger partial charge >= 0.3 is 5.97 Å². The zero-order chi connectivity index (χ0) is 16.3. The third-order valence-corrected chi connectivity index (χ3v) is 4.01. The highest BCUT2D eigenvalue weighted by molar-refractivity contribution is 6.11. The molecule has 0 aromatic heterocycles. The maximum absolute atomic E-state index is 12.0. The number of rotatable bonds is 7. The van der Waals surface area contributed by atoms with Gasteiger partial charge in [0.05, 0.1) is 24.7 Å². The molecule has 9 nitrogen and oxygen atoms in total. The average Bonchev–Trinajstić information content (AvgIpc) is 2.75. The minimum atomic E-state index is -1.18. The Hall–Kier alpha value is -2.12. The first-order chi connectivity index (χ1) is 10.5. The fourth-order valence-corrected chi connectivity index (χ4v) is 2.96. The van der Waals surface area contributed by atoms with Crippen molar-refractivity contribution in [2.75, 3.05) is 13.2 Å². The number of amides is 1. The van der Waals surface area contributed by atoms with E-state index in [-0.39, 0.29) is 24.7 Å². The lowest BCUT2D eigenvalue weighted by Gasteiger charge is -2.45. The van der Waals surface area contributed by atoms with Crippen molar-refractivity contribution in [2.45, 2.75) is 44.4 Å². The summed E-state index contributed by atoms with van der Waals surface area (Å²) < 4.78 is 5.02. The monoisotopic (exact) mass is 310 g/mol. The Morgan fingerprint density at radius 2 is 2.27 bits per heavy atom. The second kappa shape index (κ2) is 6.76. The van der Waals surface area contributed by atoms with Crippen molar-refractivity contribution < 1.29 is 24.2 Å². The van der Waals surface area contributed by atoms with Crippen molar-refractivity contribution >= 4 is 17.7 Å². The van der Waals surface area contributed by atoms with Crippen molar-refractivity contribution in [3.8, 4) is 0 Å². The van der Waals surface area contributed by atoms with Gasteiger partial charge in [0.25, 0.3) is 0 Å². The van der Waals surface area contributed by atoms with Crippen LogP contribution < -0.4 is 0 Å².